The molecule has 1 amide bonds. The molecule has 1 fully saturated rings. The number of nitrogens with one attached hydrogen (secondary N) is 2. The zero-order valence-electron chi connectivity index (χ0n) is 9.62. The van der Waals surface area contributed by atoms with Crippen molar-refractivity contribution < 1.29 is 9.53 Å². The molecule has 0 aliphatic heterocycles. The Morgan fingerprint density at radius 2 is 2.18 bits per heavy atom. The quantitative estimate of drug-likeness (QED) is 0.848. The molecule has 1 saturated carbocycles. The van der Waals surface area contributed by atoms with Crippen LogP contribution in [0.4, 0.5) is 0 Å². The molecule has 1 aliphatic rings. The fourth-order valence-electron chi connectivity index (χ4n) is 1.97. The van der Waals surface area contributed by atoms with Crippen LogP contribution in [0.25, 0.3) is 10.9 Å². The fraction of sp³-hybridized carbons (Fsp3) is 0.308. The van der Waals surface area contributed by atoms with Gasteiger partial charge in [-0.2, -0.15) is 0 Å². The van der Waals surface area contributed by atoms with Gasteiger partial charge in [0, 0.05) is 16.9 Å². The van der Waals surface area contributed by atoms with Gasteiger partial charge in [-0.25, -0.2) is 0 Å². The summed E-state index contributed by atoms with van der Waals surface area (Å²) in [5.74, 6) is 0.541. The summed E-state index contributed by atoms with van der Waals surface area (Å²) in [4.78, 5) is 15.1. The summed E-state index contributed by atoms with van der Waals surface area (Å²) >= 11 is 0. The third kappa shape index (κ3) is 1.75. The highest BCUT2D eigenvalue weighted by Gasteiger charge is 2.26. The number of aromatic amines is 1. The highest BCUT2D eigenvalue weighted by molar-refractivity contribution is 6.03. The van der Waals surface area contributed by atoms with Gasteiger partial charge in [0.05, 0.1) is 7.11 Å². The van der Waals surface area contributed by atoms with E-state index in [1.54, 1.807) is 7.11 Å². The van der Waals surface area contributed by atoms with E-state index in [9.17, 15) is 4.79 Å². The number of rotatable bonds is 3. The second kappa shape index (κ2) is 3.80. The molecule has 1 aromatic heterocycles. The van der Waals surface area contributed by atoms with Gasteiger partial charge in [-0.3, -0.25) is 4.79 Å². The van der Waals surface area contributed by atoms with E-state index >= 15 is 0 Å². The molecule has 1 heterocycles. The standard InChI is InChI=1S/C13H14N2O2/c1-17-12-9-4-2-3-5-10(9)15-11(12)13(16)14-8-6-7-8/h2-5,8,15H,6-7H2,1H3,(H,14,16). The molecule has 0 spiro atoms. The minimum absolute atomic E-state index is 0.0828. The van der Waals surface area contributed by atoms with Crippen LogP contribution in [0.2, 0.25) is 0 Å². The second-order valence-corrected chi connectivity index (χ2v) is 4.33. The molecule has 1 aromatic carbocycles. The first-order valence-electron chi connectivity index (χ1n) is 5.75. The molecule has 0 atom stereocenters. The van der Waals surface area contributed by atoms with Crippen molar-refractivity contribution in [1.82, 2.24) is 10.3 Å². The van der Waals surface area contributed by atoms with Crippen LogP contribution in [0.3, 0.4) is 0 Å². The molecular formula is C13H14N2O2. The van der Waals surface area contributed by atoms with E-state index in [0.29, 0.717) is 17.5 Å². The molecule has 3 rings (SSSR count). The minimum Gasteiger partial charge on any atom is -0.494 e. The Bertz CT molecular complexity index is 570. The molecule has 88 valence electrons. The van der Waals surface area contributed by atoms with E-state index < -0.39 is 0 Å². The normalized spacial score (nSPS) is 14.9. The average Bonchev–Trinajstić information content (AvgIpc) is 3.07. The van der Waals surface area contributed by atoms with Crippen molar-refractivity contribution in [3.63, 3.8) is 0 Å². The van der Waals surface area contributed by atoms with Crippen LogP contribution >= 0.6 is 0 Å². The van der Waals surface area contributed by atoms with Crippen LogP contribution < -0.4 is 10.1 Å². The highest BCUT2D eigenvalue weighted by atomic mass is 16.5. The lowest BCUT2D eigenvalue weighted by molar-refractivity contribution is 0.0944. The van der Waals surface area contributed by atoms with Gasteiger partial charge in [0.1, 0.15) is 5.69 Å². The molecule has 2 aromatic rings. The number of hydrogen-bond donors (Lipinski definition) is 2. The fourth-order valence-corrected chi connectivity index (χ4v) is 1.97. The summed E-state index contributed by atoms with van der Waals surface area (Å²) in [7, 11) is 1.59. The maximum atomic E-state index is 12.0. The molecule has 4 nitrogen and oxygen atoms in total. The topological polar surface area (TPSA) is 54.1 Å². The molecule has 0 saturated heterocycles. The lowest BCUT2D eigenvalue weighted by atomic mass is 10.2. The van der Waals surface area contributed by atoms with Gasteiger partial charge in [-0.15, -0.1) is 0 Å². The molecule has 0 unspecified atom stereocenters. The van der Waals surface area contributed by atoms with Crippen molar-refractivity contribution in [2.45, 2.75) is 18.9 Å². The number of carbonyl (C=O) groups excluding carboxylic acids is 1. The van der Waals surface area contributed by atoms with Crippen LogP contribution in [0.1, 0.15) is 23.3 Å². The summed E-state index contributed by atoms with van der Waals surface area (Å²) in [5.41, 5.74) is 1.44. The molecule has 2 N–H and O–H groups in total. The number of benzene rings is 1. The highest BCUT2D eigenvalue weighted by Crippen LogP contribution is 2.30. The number of hydrogen-bond acceptors (Lipinski definition) is 2. The van der Waals surface area contributed by atoms with Crippen LogP contribution in [0, 0.1) is 0 Å². The van der Waals surface area contributed by atoms with Gasteiger partial charge in [0.15, 0.2) is 5.75 Å². The lowest BCUT2D eigenvalue weighted by Gasteiger charge is -2.03. The zero-order chi connectivity index (χ0) is 11.8. The number of aromatic nitrogens is 1. The third-order valence-corrected chi connectivity index (χ3v) is 3.00. The van der Waals surface area contributed by atoms with Gasteiger partial charge in [-0.1, -0.05) is 12.1 Å². The number of amides is 1. The third-order valence-electron chi connectivity index (χ3n) is 3.00. The Balaban J connectivity index is 2.04. The van der Waals surface area contributed by atoms with Gasteiger partial charge >= 0.3 is 0 Å². The molecule has 0 bridgehead atoms. The monoisotopic (exact) mass is 230 g/mol. The molecule has 4 heteroatoms. The number of H-pyrrole nitrogens is 1. The summed E-state index contributed by atoms with van der Waals surface area (Å²) in [6.07, 6.45) is 2.16. The van der Waals surface area contributed by atoms with E-state index in [4.69, 9.17) is 4.74 Å². The first kappa shape index (κ1) is 10.2. The van der Waals surface area contributed by atoms with Crippen LogP contribution in [0.15, 0.2) is 24.3 Å². The summed E-state index contributed by atoms with van der Waals surface area (Å²) < 4.78 is 5.33. The largest absolute Gasteiger partial charge is 0.494 e. The Labute approximate surface area is 99.0 Å². The smallest absolute Gasteiger partial charge is 0.271 e. The maximum absolute atomic E-state index is 12.0. The van der Waals surface area contributed by atoms with Crippen LogP contribution in [-0.2, 0) is 0 Å². The van der Waals surface area contributed by atoms with E-state index in [1.165, 1.54) is 0 Å². The number of fused-ring (bicyclic) bond motifs is 1. The SMILES string of the molecule is COc1c(C(=O)NC2CC2)[nH]c2ccccc12. The zero-order valence-corrected chi connectivity index (χ0v) is 9.62. The van der Waals surface area contributed by atoms with Crippen LogP contribution in [0.5, 0.6) is 5.75 Å². The van der Waals surface area contributed by atoms with E-state index in [2.05, 4.69) is 10.3 Å². The molecule has 17 heavy (non-hydrogen) atoms. The lowest BCUT2D eigenvalue weighted by Crippen LogP contribution is -2.26. The average molecular weight is 230 g/mol. The summed E-state index contributed by atoms with van der Waals surface area (Å²) in [5, 5.41) is 3.90. The van der Waals surface area contributed by atoms with Gasteiger partial charge in [0.2, 0.25) is 0 Å². The molecular weight excluding hydrogens is 216 g/mol. The van der Waals surface area contributed by atoms with Crippen molar-refractivity contribution in [3.05, 3.63) is 30.0 Å². The Hall–Kier alpha value is -1.97. The maximum Gasteiger partial charge on any atom is 0.271 e. The number of para-hydroxylation sites is 1. The number of ether oxygens (including phenoxy) is 1. The first-order chi connectivity index (χ1) is 8.29. The van der Waals surface area contributed by atoms with Crippen molar-refractivity contribution in [3.8, 4) is 5.75 Å². The van der Waals surface area contributed by atoms with Crippen molar-refractivity contribution in [1.29, 1.82) is 0 Å². The summed E-state index contributed by atoms with van der Waals surface area (Å²) in [6, 6.07) is 8.09. The van der Waals surface area contributed by atoms with Gasteiger partial charge in [-0.05, 0) is 25.0 Å². The van der Waals surface area contributed by atoms with Crippen molar-refractivity contribution in [2.24, 2.45) is 0 Å². The van der Waals surface area contributed by atoms with Crippen molar-refractivity contribution in [2.75, 3.05) is 7.11 Å². The first-order valence-corrected chi connectivity index (χ1v) is 5.75. The van der Waals surface area contributed by atoms with Crippen molar-refractivity contribution >= 4 is 16.8 Å². The Morgan fingerprint density at radius 1 is 1.41 bits per heavy atom. The Morgan fingerprint density at radius 3 is 2.88 bits per heavy atom. The predicted octanol–water partition coefficient (Wildman–Crippen LogP) is 2.07. The van der Waals surface area contributed by atoms with E-state index in [1.807, 2.05) is 24.3 Å². The predicted molar refractivity (Wildman–Crippen MR) is 65.3 cm³/mol. The molecule has 1 aliphatic carbocycles. The van der Waals surface area contributed by atoms with Crippen LogP contribution in [-0.4, -0.2) is 24.0 Å². The van der Waals surface area contributed by atoms with E-state index in [0.717, 1.165) is 23.7 Å². The number of methoxy groups -OCH3 is 1. The second-order valence-electron chi connectivity index (χ2n) is 4.33. The van der Waals surface area contributed by atoms with E-state index in [-0.39, 0.29) is 5.91 Å². The minimum atomic E-state index is -0.0828. The molecule has 0 radical (unpaired) electrons. The van der Waals surface area contributed by atoms with Gasteiger partial charge < -0.3 is 15.0 Å². The van der Waals surface area contributed by atoms with Gasteiger partial charge in [0.25, 0.3) is 5.91 Å². The summed E-state index contributed by atoms with van der Waals surface area (Å²) in [6.45, 7) is 0. The Kier molecular flexibility index (Phi) is 2.28. The number of carbonyl (C=O) groups is 1.